The number of ether oxygens (including phenoxy) is 1. The van der Waals surface area contributed by atoms with Crippen molar-refractivity contribution in [2.45, 2.75) is 25.3 Å². The number of aryl methyl sites for hydroxylation is 1. The highest BCUT2D eigenvalue weighted by Crippen LogP contribution is 2.39. The fourth-order valence-electron chi connectivity index (χ4n) is 3.50. The number of hydrogen-bond acceptors (Lipinski definition) is 3. The van der Waals surface area contributed by atoms with Crippen LogP contribution < -0.4 is 4.74 Å². The van der Waals surface area contributed by atoms with Crippen LogP contribution in [0.4, 0.5) is 0 Å². The topological polar surface area (TPSA) is 29.5 Å². The normalized spacial score (nSPS) is 16.0. The molecule has 0 saturated carbocycles. The predicted octanol–water partition coefficient (Wildman–Crippen LogP) is 5.72. The van der Waals surface area contributed by atoms with Crippen molar-refractivity contribution in [2.75, 3.05) is 12.3 Å². The van der Waals surface area contributed by atoms with Crippen LogP contribution in [0.15, 0.2) is 78.9 Å². The van der Waals surface area contributed by atoms with Crippen LogP contribution >= 0.6 is 11.8 Å². The number of thioether (sulfide) groups is 1. The first-order chi connectivity index (χ1) is 14.2. The molecule has 0 N–H and O–H groups in total. The summed E-state index contributed by atoms with van der Waals surface area (Å²) >= 11 is 1.81. The second kappa shape index (κ2) is 9.19. The van der Waals surface area contributed by atoms with Gasteiger partial charge in [-0.05, 0) is 47.4 Å². The van der Waals surface area contributed by atoms with Gasteiger partial charge in [0.25, 0.3) is 5.91 Å². The van der Waals surface area contributed by atoms with E-state index in [1.54, 1.807) is 11.8 Å². The molecule has 1 amide bonds. The molecule has 0 spiro atoms. The van der Waals surface area contributed by atoms with Crippen LogP contribution in [-0.4, -0.2) is 23.1 Å². The Morgan fingerprint density at radius 1 is 1.00 bits per heavy atom. The van der Waals surface area contributed by atoms with Gasteiger partial charge in [-0.2, -0.15) is 0 Å². The molecule has 1 unspecified atom stereocenters. The molecule has 1 aliphatic heterocycles. The summed E-state index contributed by atoms with van der Waals surface area (Å²) in [5.74, 6) is 1.87. The Balaban J connectivity index is 1.48. The van der Waals surface area contributed by atoms with Crippen molar-refractivity contribution in [2.24, 2.45) is 0 Å². The number of amides is 1. The van der Waals surface area contributed by atoms with Crippen LogP contribution in [0.5, 0.6) is 5.75 Å². The zero-order valence-electron chi connectivity index (χ0n) is 16.6. The lowest BCUT2D eigenvalue weighted by molar-refractivity contribution is 0.0760. The van der Waals surface area contributed by atoms with E-state index in [0.717, 1.165) is 41.2 Å². The molecular weight excluding hydrogens is 378 g/mol. The molecule has 0 bridgehead atoms. The van der Waals surface area contributed by atoms with Gasteiger partial charge in [-0.25, -0.2) is 0 Å². The third-order valence-corrected chi connectivity index (χ3v) is 6.41. The Morgan fingerprint density at radius 2 is 1.79 bits per heavy atom. The summed E-state index contributed by atoms with van der Waals surface area (Å²) in [7, 11) is 0. The molecule has 4 heteroatoms. The molecule has 1 atom stereocenters. The number of rotatable bonds is 6. The summed E-state index contributed by atoms with van der Waals surface area (Å²) in [5, 5.41) is 0.0219. The molecule has 1 fully saturated rings. The highest BCUT2D eigenvalue weighted by Gasteiger charge is 2.31. The lowest BCUT2D eigenvalue weighted by Crippen LogP contribution is -2.30. The second-order valence-electron chi connectivity index (χ2n) is 7.12. The van der Waals surface area contributed by atoms with Gasteiger partial charge in [0.15, 0.2) is 0 Å². The second-order valence-corrected chi connectivity index (χ2v) is 8.31. The van der Waals surface area contributed by atoms with Crippen LogP contribution in [0.3, 0.4) is 0 Å². The van der Waals surface area contributed by atoms with Crippen molar-refractivity contribution in [3.05, 3.63) is 101 Å². The first-order valence-electron chi connectivity index (χ1n) is 10.0. The third-order valence-electron chi connectivity index (χ3n) is 5.15. The number of carbonyl (C=O) groups excluding carboxylic acids is 1. The van der Waals surface area contributed by atoms with Crippen molar-refractivity contribution >= 4 is 17.7 Å². The number of hydrogen-bond donors (Lipinski definition) is 0. The average molecular weight is 404 g/mol. The maximum Gasteiger partial charge on any atom is 0.255 e. The van der Waals surface area contributed by atoms with E-state index in [-0.39, 0.29) is 11.3 Å². The minimum Gasteiger partial charge on any atom is -0.489 e. The lowest BCUT2D eigenvalue weighted by Gasteiger charge is -2.24. The quantitative estimate of drug-likeness (QED) is 0.527. The fourth-order valence-corrected chi connectivity index (χ4v) is 4.75. The number of benzene rings is 3. The van der Waals surface area contributed by atoms with Gasteiger partial charge in [-0.3, -0.25) is 4.79 Å². The molecule has 148 valence electrons. The summed E-state index contributed by atoms with van der Waals surface area (Å²) < 4.78 is 5.99. The van der Waals surface area contributed by atoms with Crippen molar-refractivity contribution in [3.8, 4) is 5.75 Å². The smallest absolute Gasteiger partial charge is 0.255 e. The number of nitrogens with zero attached hydrogens (tertiary/aromatic N) is 1. The molecule has 1 heterocycles. The van der Waals surface area contributed by atoms with Gasteiger partial charge in [0.2, 0.25) is 0 Å². The molecule has 0 aliphatic carbocycles. The maximum atomic E-state index is 13.1. The van der Waals surface area contributed by atoms with Gasteiger partial charge in [0, 0.05) is 17.9 Å². The fraction of sp³-hybridized carbons (Fsp3) is 0.240. The zero-order chi connectivity index (χ0) is 20.1. The van der Waals surface area contributed by atoms with Crippen molar-refractivity contribution in [1.29, 1.82) is 0 Å². The summed E-state index contributed by atoms with van der Waals surface area (Å²) in [6.07, 6.45) is 0.979. The van der Waals surface area contributed by atoms with Crippen LogP contribution in [-0.2, 0) is 13.0 Å². The van der Waals surface area contributed by atoms with E-state index in [1.165, 1.54) is 5.56 Å². The predicted molar refractivity (Wildman–Crippen MR) is 119 cm³/mol. The van der Waals surface area contributed by atoms with Gasteiger partial charge in [-0.1, -0.05) is 61.5 Å². The first-order valence-corrected chi connectivity index (χ1v) is 11.1. The van der Waals surface area contributed by atoms with Gasteiger partial charge in [0.05, 0.1) is 0 Å². The Bertz CT molecular complexity index is 956. The van der Waals surface area contributed by atoms with Crippen molar-refractivity contribution in [1.82, 2.24) is 4.90 Å². The van der Waals surface area contributed by atoms with E-state index in [2.05, 4.69) is 31.2 Å². The molecule has 4 rings (SSSR count). The van der Waals surface area contributed by atoms with E-state index < -0.39 is 0 Å². The molecular formula is C25H25NO2S. The maximum absolute atomic E-state index is 13.1. The Hall–Kier alpha value is -2.72. The van der Waals surface area contributed by atoms with Crippen molar-refractivity contribution in [3.63, 3.8) is 0 Å². The van der Waals surface area contributed by atoms with E-state index >= 15 is 0 Å². The van der Waals surface area contributed by atoms with E-state index in [0.29, 0.717) is 6.61 Å². The first kappa shape index (κ1) is 19.6. The van der Waals surface area contributed by atoms with Crippen LogP contribution in [0.2, 0.25) is 0 Å². The largest absolute Gasteiger partial charge is 0.489 e. The lowest BCUT2D eigenvalue weighted by atomic mass is 10.1. The monoisotopic (exact) mass is 403 g/mol. The third kappa shape index (κ3) is 4.65. The molecule has 29 heavy (non-hydrogen) atoms. The molecule has 3 nitrogen and oxygen atoms in total. The molecule has 1 saturated heterocycles. The zero-order valence-corrected chi connectivity index (χ0v) is 17.4. The molecule has 0 aromatic heterocycles. The minimum absolute atomic E-state index is 0.0219. The summed E-state index contributed by atoms with van der Waals surface area (Å²) in [6.45, 7) is 3.42. The summed E-state index contributed by atoms with van der Waals surface area (Å²) in [5.41, 5.74) is 4.25. The van der Waals surface area contributed by atoms with Gasteiger partial charge < -0.3 is 9.64 Å². The molecule has 0 radical (unpaired) electrons. The summed E-state index contributed by atoms with van der Waals surface area (Å²) in [4.78, 5) is 15.1. The number of carbonyl (C=O) groups is 1. The highest BCUT2D eigenvalue weighted by molar-refractivity contribution is 7.99. The van der Waals surface area contributed by atoms with E-state index in [1.807, 2.05) is 59.5 Å². The molecule has 3 aromatic rings. The Morgan fingerprint density at radius 3 is 2.55 bits per heavy atom. The Kier molecular flexibility index (Phi) is 6.20. The van der Waals surface area contributed by atoms with E-state index in [9.17, 15) is 4.79 Å². The van der Waals surface area contributed by atoms with Crippen LogP contribution in [0.25, 0.3) is 0 Å². The van der Waals surface area contributed by atoms with Crippen LogP contribution in [0, 0.1) is 0 Å². The molecule has 3 aromatic carbocycles. The molecule has 1 aliphatic rings. The van der Waals surface area contributed by atoms with Gasteiger partial charge >= 0.3 is 0 Å². The standard InChI is InChI=1S/C25H25NO2S/c1-2-19-11-13-21(14-12-19)24(27)26-15-16-29-25(26)22-9-6-10-23(17-22)28-18-20-7-4-3-5-8-20/h3-14,17,25H,2,15-16,18H2,1H3. The van der Waals surface area contributed by atoms with Crippen LogP contribution in [0.1, 0.15) is 39.3 Å². The highest BCUT2D eigenvalue weighted by atomic mass is 32.2. The van der Waals surface area contributed by atoms with Gasteiger partial charge in [0.1, 0.15) is 17.7 Å². The van der Waals surface area contributed by atoms with E-state index in [4.69, 9.17) is 4.74 Å². The minimum atomic E-state index is 0.0219. The summed E-state index contributed by atoms with van der Waals surface area (Å²) in [6, 6.07) is 26.3. The SMILES string of the molecule is CCc1ccc(C(=O)N2CCSC2c2cccc(OCc3ccccc3)c2)cc1. The Labute approximate surface area is 176 Å². The average Bonchev–Trinajstić information content (AvgIpc) is 3.28. The van der Waals surface area contributed by atoms with Gasteiger partial charge in [-0.15, -0.1) is 11.8 Å². The van der Waals surface area contributed by atoms with Crippen molar-refractivity contribution < 1.29 is 9.53 Å².